The minimum absolute atomic E-state index is 0.131. The predicted molar refractivity (Wildman–Crippen MR) is 111 cm³/mol. The molecule has 0 radical (unpaired) electrons. The van der Waals surface area contributed by atoms with Crippen molar-refractivity contribution in [3.05, 3.63) is 70.7 Å². The Kier molecular flexibility index (Phi) is 5.31. The van der Waals surface area contributed by atoms with Crippen molar-refractivity contribution in [2.75, 3.05) is 13.6 Å². The molecule has 0 aliphatic carbocycles. The van der Waals surface area contributed by atoms with Crippen molar-refractivity contribution in [1.29, 1.82) is 0 Å². The molecule has 0 fully saturated rings. The number of nitrogens with zero attached hydrogens (tertiary/aromatic N) is 2. The van der Waals surface area contributed by atoms with E-state index >= 15 is 0 Å². The summed E-state index contributed by atoms with van der Waals surface area (Å²) in [5.74, 6) is -0.131. The summed E-state index contributed by atoms with van der Waals surface area (Å²) in [4.78, 5) is 2.36. The van der Waals surface area contributed by atoms with Crippen LogP contribution in [0.25, 0.3) is 10.9 Å². The minimum atomic E-state index is -0.131. The zero-order valence-electron chi connectivity index (χ0n) is 16.5. The van der Waals surface area contributed by atoms with E-state index in [4.69, 9.17) is 0 Å². The molecular weight excluding hydrogens is 335 g/mol. The minimum Gasteiger partial charge on any atom is -0.344 e. The van der Waals surface area contributed by atoms with E-state index in [9.17, 15) is 4.39 Å². The third-order valence-electron chi connectivity index (χ3n) is 5.85. The van der Waals surface area contributed by atoms with E-state index in [2.05, 4.69) is 47.7 Å². The van der Waals surface area contributed by atoms with Gasteiger partial charge in [0.2, 0.25) is 0 Å². The van der Waals surface area contributed by atoms with E-state index in [-0.39, 0.29) is 5.82 Å². The fraction of sp³-hybridized carbons (Fsp3) is 0.417. The number of benzene rings is 2. The number of aryl methyl sites for hydroxylation is 3. The molecule has 2 nitrogen and oxygen atoms in total. The second-order valence-corrected chi connectivity index (χ2v) is 8.02. The Morgan fingerprint density at radius 1 is 1.04 bits per heavy atom. The summed E-state index contributed by atoms with van der Waals surface area (Å²) in [6.45, 7) is 5.19. The van der Waals surface area contributed by atoms with E-state index in [0.29, 0.717) is 0 Å². The zero-order chi connectivity index (χ0) is 18.8. The van der Waals surface area contributed by atoms with Crippen molar-refractivity contribution < 1.29 is 4.39 Å². The van der Waals surface area contributed by atoms with Gasteiger partial charge in [0.1, 0.15) is 5.82 Å². The Hall–Kier alpha value is -2.13. The number of aromatic nitrogens is 1. The molecule has 1 aliphatic rings. The second kappa shape index (κ2) is 7.85. The van der Waals surface area contributed by atoms with Gasteiger partial charge in [0, 0.05) is 29.7 Å². The highest BCUT2D eigenvalue weighted by Gasteiger charge is 2.21. The molecule has 0 saturated heterocycles. The number of fused-ring (bicyclic) bond motifs is 3. The fourth-order valence-electron chi connectivity index (χ4n) is 4.39. The molecule has 1 aromatic heterocycles. The monoisotopic (exact) mass is 364 g/mol. The van der Waals surface area contributed by atoms with Gasteiger partial charge in [-0.3, -0.25) is 0 Å². The lowest BCUT2D eigenvalue weighted by atomic mass is 10.1. The Morgan fingerprint density at radius 3 is 2.67 bits per heavy atom. The summed E-state index contributed by atoms with van der Waals surface area (Å²) in [6.07, 6.45) is 5.72. The van der Waals surface area contributed by atoms with Gasteiger partial charge in [-0.2, -0.15) is 0 Å². The molecule has 4 rings (SSSR count). The first-order valence-corrected chi connectivity index (χ1v) is 10.2. The van der Waals surface area contributed by atoms with Gasteiger partial charge in [-0.05, 0) is 81.9 Å². The maximum atomic E-state index is 13.9. The van der Waals surface area contributed by atoms with Crippen LogP contribution in [0.5, 0.6) is 0 Å². The largest absolute Gasteiger partial charge is 0.344 e. The molecule has 0 bridgehead atoms. The molecule has 0 spiro atoms. The van der Waals surface area contributed by atoms with Gasteiger partial charge >= 0.3 is 0 Å². The summed E-state index contributed by atoms with van der Waals surface area (Å²) >= 11 is 0. The average Bonchev–Trinajstić information content (AvgIpc) is 2.79. The number of hydrogen-bond acceptors (Lipinski definition) is 1. The Balaban J connectivity index is 1.54. The third kappa shape index (κ3) is 3.93. The van der Waals surface area contributed by atoms with Crippen molar-refractivity contribution in [3.8, 4) is 0 Å². The molecular formula is C24H29FN2. The molecule has 0 N–H and O–H groups in total. The first-order valence-electron chi connectivity index (χ1n) is 10.2. The SMILES string of the molecule is Cc1ccc(CCCCn2c3c(c4cc(F)ccc42)CN(C)CCC3)cc1. The summed E-state index contributed by atoms with van der Waals surface area (Å²) < 4.78 is 16.4. The highest BCUT2D eigenvalue weighted by Crippen LogP contribution is 2.31. The summed E-state index contributed by atoms with van der Waals surface area (Å²) in [7, 11) is 2.17. The molecule has 0 saturated carbocycles. The summed E-state index contributed by atoms with van der Waals surface area (Å²) in [6, 6.07) is 14.2. The van der Waals surface area contributed by atoms with Gasteiger partial charge in [0.15, 0.2) is 0 Å². The van der Waals surface area contributed by atoms with Crippen LogP contribution in [0.2, 0.25) is 0 Å². The average molecular weight is 365 g/mol. The molecule has 0 atom stereocenters. The Bertz CT molecular complexity index is 924. The van der Waals surface area contributed by atoms with Crippen molar-refractivity contribution in [2.24, 2.45) is 0 Å². The van der Waals surface area contributed by atoms with E-state index in [1.165, 1.54) is 40.7 Å². The molecule has 0 amide bonds. The van der Waals surface area contributed by atoms with Gasteiger partial charge in [-0.15, -0.1) is 0 Å². The first kappa shape index (κ1) is 18.2. The zero-order valence-corrected chi connectivity index (χ0v) is 16.5. The van der Waals surface area contributed by atoms with Gasteiger partial charge in [-0.25, -0.2) is 4.39 Å². The van der Waals surface area contributed by atoms with E-state index < -0.39 is 0 Å². The highest BCUT2D eigenvalue weighted by atomic mass is 19.1. The van der Waals surface area contributed by atoms with Crippen molar-refractivity contribution >= 4 is 10.9 Å². The quantitative estimate of drug-likeness (QED) is 0.544. The van der Waals surface area contributed by atoms with Gasteiger partial charge in [0.25, 0.3) is 0 Å². The van der Waals surface area contributed by atoms with Gasteiger partial charge in [0.05, 0.1) is 0 Å². The number of hydrogen-bond donors (Lipinski definition) is 0. The lowest BCUT2D eigenvalue weighted by Gasteiger charge is -2.12. The molecule has 2 aromatic carbocycles. The van der Waals surface area contributed by atoms with Crippen molar-refractivity contribution in [2.45, 2.75) is 52.1 Å². The lowest BCUT2D eigenvalue weighted by molar-refractivity contribution is 0.333. The highest BCUT2D eigenvalue weighted by molar-refractivity contribution is 5.85. The number of rotatable bonds is 5. The van der Waals surface area contributed by atoms with Crippen LogP contribution in [-0.4, -0.2) is 23.1 Å². The van der Waals surface area contributed by atoms with Crippen LogP contribution in [0.3, 0.4) is 0 Å². The predicted octanol–water partition coefficient (Wildman–Crippen LogP) is 5.49. The Labute approximate surface area is 161 Å². The van der Waals surface area contributed by atoms with Crippen molar-refractivity contribution in [1.82, 2.24) is 9.47 Å². The molecule has 2 heterocycles. The standard InChI is InChI=1S/C24H29FN2/c1-18-8-10-19(11-9-18)6-3-4-15-27-23-7-5-14-26(2)17-22(23)21-16-20(25)12-13-24(21)27/h8-13,16H,3-7,14-15,17H2,1-2H3. The molecule has 27 heavy (non-hydrogen) atoms. The molecule has 142 valence electrons. The molecule has 3 aromatic rings. The fourth-order valence-corrected chi connectivity index (χ4v) is 4.39. The van der Waals surface area contributed by atoms with E-state index in [1.54, 1.807) is 12.1 Å². The lowest BCUT2D eigenvalue weighted by Crippen LogP contribution is -2.17. The normalized spacial score (nSPS) is 15.1. The van der Waals surface area contributed by atoms with Crippen LogP contribution in [0, 0.1) is 12.7 Å². The maximum absolute atomic E-state index is 13.9. The molecule has 3 heteroatoms. The first-order chi connectivity index (χ1) is 13.1. The third-order valence-corrected chi connectivity index (χ3v) is 5.85. The number of unbranched alkanes of at least 4 members (excludes halogenated alkanes) is 1. The summed E-state index contributed by atoms with van der Waals surface area (Å²) in [5, 5.41) is 1.11. The van der Waals surface area contributed by atoms with Crippen LogP contribution < -0.4 is 0 Å². The molecule has 1 aliphatic heterocycles. The van der Waals surface area contributed by atoms with Crippen LogP contribution in [0.1, 0.15) is 41.6 Å². The Morgan fingerprint density at radius 2 is 1.85 bits per heavy atom. The second-order valence-electron chi connectivity index (χ2n) is 8.02. The van der Waals surface area contributed by atoms with Crippen LogP contribution in [0.4, 0.5) is 4.39 Å². The molecule has 0 unspecified atom stereocenters. The van der Waals surface area contributed by atoms with E-state index in [1.807, 2.05) is 6.07 Å². The van der Waals surface area contributed by atoms with Crippen LogP contribution in [-0.2, 0) is 25.9 Å². The van der Waals surface area contributed by atoms with Gasteiger partial charge in [-0.1, -0.05) is 29.8 Å². The summed E-state index contributed by atoms with van der Waals surface area (Å²) in [5.41, 5.74) is 6.70. The van der Waals surface area contributed by atoms with Crippen LogP contribution >= 0.6 is 0 Å². The van der Waals surface area contributed by atoms with Gasteiger partial charge < -0.3 is 9.47 Å². The van der Waals surface area contributed by atoms with E-state index in [0.717, 1.165) is 44.3 Å². The smallest absolute Gasteiger partial charge is 0.123 e. The topological polar surface area (TPSA) is 8.17 Å². The van der Waals surface area contributed by atoms with Crippen LogP contribution in [0.15, 0.2) is 42.5 Å². The number of halogens is 1. The van der Waals surface area contributed by atoms with Crippen molar-refractivity contribution in [3.63, 3.8) is 0 Å². The maximum Gasteiger partial charge on any atom is 0.123 e.